The second kappa shape index (κ2) is 5.90. The van der Waals surface area contributed by atoms with Gasteiger partial charge in [-0.1, -0.05) is 23.2 Å². The van der Waals surface area contributed by atoms with E-state index in [4.69, 9.17) is 32.7 Å². The maximum Gasteiger partial charge on any atom is 0.255 e. The van der Waals surface area contributed by atoms with Crippen LogP contribution in [0.5, 0.6) is 11.5 Å². The van der Waals surface area contributed by atoms with Gasteiger partial charge in [-0.25, -0.2) is 0 Å². The van der Waals surface area contributed by atoms with Crippen LogP contribution in [0.1, 0.15) is 10.4 Å². The fourth-order valence-electron chi connectivity index (χ4n) is 1.84. The van der Waals surface area contributed by atoms with Crippen molar-refractivity contribution in [3.8, 4) is 11.5 Å². The Balaban J connectivity index is 1.86. The van der Waals surface area contributed by atoms with Crippen LogP contribution in [0.25, 0.3) is 0 Å². The predicted molar refractivity (Wildman–Crippen MR) is 89.7 cm³/mol. The molecule has 0 spiro atoms. The molecule has 2 aromatic rings. The normalized spacial score (nSPS) is 12.3. The van der Waals surface area contributed by atoms with E-state index in [0.717, 1.165) is 3.57 Å². The maximum atomic E-state index is 12.2. The molecule has 0 radical (unpaired) electrons. The highest BCUT2D eigenvalue weighted by molar-refractivity contribution is 14.1. The molecule has 1 N–H and O–H groups in total. The molecule has 0 unspecified atom stereocenters. The average Bonchev–Trinajstić information content (AvgIpc) is 2.89. The second-order valence-electron chi connectivity index (χ2n) is 4.27. The number of hydrogen-bond acceptors (Lipinski definition) is 3. The maximum absolute atomic E-state index is 12.2. The van der Waals surface area contributed by atoms with Gasteiger partial charge in [0, 0.05) is 21.3 Å². The number of carbonyl (C=O) groups is 1. The fraction of sp³-hybridized carbons (Fsp3) is 0.0714. The molecule has 0 aromatic heterocycles. The Morgan fingerprint density at radius 2 is 1.81 bits per heavy atom. The van der Waals surface area contributed by atoms with E-state index in [2.05, 4.69) is 27.9 Å². The largest absolute Gasteiger partial charge is 0.454 e. The van der Waals surface area contributed by atoms with Crippen molar-refractivity contribution in [2.45, 2.75) is 0 Å². The van der Waals surface area contributed by atoms with E-state index >= 15 is 0 Å². The highest BCUT2D eigenvalue weighted by atomic mass is 127. The molecule has 0 atom stereocenters. The summed E-state index contributed by atoms with van der Waals surface area (Å²) in [5.74, 6) is 0.852. The van der Waals surface area contributed by atoms with Crippen molar-refractivity contribution in [3.05, 3.63) is 49.5 Å². The quantitative estimate of drug-likeness (QED) is 0.702. The zero-order valence-electron chi connectivity index (χ0n) is 10.5. The first-order chi connectivity index (χ1) is 10.0. The molecule has 0 saturated carbocycles. The summed E-state index contributed by atoms with van der Waals surface area (Å²) in [6.07, 6.45) is 0. The van der Waals surface area contributed by atoms with Crippen molar-refractivity contribution in [1.82, 2.24) is 0 Å². The summed E-state index contributed by atoms with van der Waals surface area (Å²) in [7, 11) is 0. The van der Waals surface area contributed by atoms with Crippen LogP contribution in [0.15, 0.2) is 30.3 Å². The molecule has 1 aliphatic rings. The van der Waals surface area contributed by atoms with Crippen molar-refractivity contribution >= 4 is 57.4 Å². The number of nitrogens with one attached hydrogen (secondary N) is 1. The summed E-state index contributed by atoms with van der Waals surface area (Å²) in [5, 5.41) is 3.74. The monoisotopic (exact) mass is 435 g/mol. The third-order valence-corrected chi connectivity index (χ3v) is 4.75. The lowest BCUT2D eigenvalue weighted by Crippen LogP contribution is -2.12. The van der Waals surface area contributed by atoms with E-state index in [1.807, 2.05) is 0 Å². The lowest BCUT2D eigenvalue weighted by Gasteiger charge is -2.09. The predicted octanol–water partition coefficient (Wildman–Crippen LogP) is 4.58. The van der Waals surface area contributed by atoms with Crippen molar-refractivity contribution in [2.75, 3.05) is 12.1 Å². The van der Waals surface area contributed by atoms with E-state index < -0.39 is 0 Å². The second-order valence-corrected chi connectivity index (χ2v) is 6.24. The van der Waals surface area contributed by atoms with Gasteiger partial charge in [-0.15, -0.1) is 0 Å². The summed E-state index contributed by atoms with van der Waals surface area (Å²) in [6, 6.07) is 8.30. The van der Waals surface area contributed by atoms with Crippen LogP contribution in [0.2, 0.25) is 10.0 Å². The minimum Gasteiger partial charge on any atom is -0.454 e. The highest BCUT2D eigenvalue weighted by Crippen LogP contribution is 2.39. The Morgan fingerprint density at radius 1 is 1.10 bits per heavy atom. The van der Waals surface area contributed by atoms with Gasteiger partial charge in [-0.2, -0.15) is 0 Å². The molecule has 21 heavy (non-hydrogen) atoms. The molecule has 108 valence electrons. The number of halogens is 3. The zero-order valence-corrected chi connectivity index (χ0v) is 14.1. The third-order valence-electron chi connectivity index (χ3n) is 2.89. The van der Waals surface area contributed by atoms with Gasteiger partial charge >= 0.3 is 0 Å². The van der Waals surface area contributed by atoms with Crippen molar-refractivity contribution in [1.29, 1.82) is 0 Å². The Bertz CT molecular complexity index is 736. The van der Waals surface area contributed by atoms with Gasteiger partial charge in [0.15, 0.2) is 11.5 Å². The highest BCUT2D eigenvalue weighted by Gasteiger charge is 2.18. The van der Waals surface area contributed by atoms with Gasteiger partial charge in [0.2, 0.25) is 6.79 Å². The number of anilines is 1. The van der Waals surface area contributed by atoms with Crippen LogP contribution >= 0.6 is 45.8 Å². The first-order valence-electron chi connectivity index (χ1n) is 5.90. The van der Waals surface area contributed by atoms with Crippen LogP contribution in [0, 0.1) is 3.57 Å². The first kappa shape index (κ1) is 14.7. The Kier molecular flexibility index (Phi) is 4.14. The van der Waals surface area contributed by atoms with Crippen LogP contribution < -0.4 is 14.8 Å². The fourth-order valence-corrected chi connectivity index (χ4v) is 2.68. The van der Waals surface area contributed by atoms with Crippen LogP contribution in [-0.2, 0) is 0 Å². The number of fused-ring (bicyclic) bond motifs is 1. The van der Waals surface area contributed by atoms with Gasteiger partial charge in [-0.05, 0) is 40.8 Å². The molecular formula is C14H8Cl2INO3. The van der Waals surface area contributed by atoms with E-state index in [9.17, 15) is 4.79 Å². The molecule has 7 heteroatoms. The standard InChI is InChI=1S/C14H8Cl2INO3/c15-8-2-1-7(3-10(8)17)14(19)18-11-5-13-12(4-9(11)16)20-6-21-13/h1-5H,6H2,(H,18,19). The average molecular weight is 436 g/mol. The number of amides is 1. The van der Waals surface area contributed by atoms with E-state index in [1.165, 1.54) is 0 Å². The van der Waals surface area contributed by atoms with Gasteiger partial charge in [0.25, 0.3) is 5.91 Å². The Hall–Kier alpha value is -1.18. The molecule has 4 nitrogen and oxygen atoms in total. The zero-order chi connectivity index (χ0) is 15.0. The molecule has 0 bridgehead atoms. The number of carbonyl (C=O) groups excluding carboxylic acids is 1. The number of ether oxygens (including phenoxy) is 2. The summed E-state index contributed by atoms with van der Waals surface area (Å²) < 4.78 is 11.3. The lowest BCUT2D eigenvalue weighted by molar-refractivity contribution is 0.102. The molecule has 3 rings (SSSR count). The summed E-state index contributed by atoms with van der Waals surface area (Å²) in [5.41, 5.74) is 0.966. The molecule has 1 amide bonds. The molecular weight excluding hydrogens is 428 g/mol. The molecule has 1 heterocycles. The number of benzene rings is 2. The molecule has 2 aromatic carbocycles. The topological polar surface area (TPSA) is 47.6 Å². The van der Waals surface area contributed by atoms with Gasteiger partial charge in [0.1, 0.15) is 0 Å². The van der Waals surface area contributed by atoms with Gasteiger partial charge < -0.3 is 14.8 Å². The molecule has 0 aliphatic carbocycles. The third kappa shape index (κ3) is 3.04. The summed E-state index contributed by atoms with van der Waals surface area (Å²) >= 11 is 14.1. The van der Waals surface area contributed by atoms with Crippen LogP contribution in [-0.4, -0.2) is 12.7 Å². The minimum atomic E-state index is -0.273. The Morgan fingerprint density at radius 3 is 2.52 bits per heavy atom. The lowest BCUT2D eigenvalue weighted by atomic mass is 10.2. The molecule has 1 aliphatic heterocycles. The minimum absolute atomic E-state index is 0.151. The van der Waals surface area contributed by atoms with E-state index in [1.54, 1.807) is 30.3 Å². The van der Waals surface area contributed by atoms with E-state index in [-0.39, 0.29) is 12.7 Å². The van der Waals surface area contributed by atoms with Gasteiger partial charge in [0.05, 0.1) is 15.7 Å². The molecule has 0 fully saturated rings. The first-order valence-corrected chi connectivity index (χ1v) is 7.73. The van der Waals surface area contributed by atoms with Crippen molar-refractivity contribution in [2.24, 2.45) is 0 Å². The summed E-state index contributed by atoms with van der Waals surface area (Å²) in [6.45, 7) is 0.151. The molecule has 0 saturated heterocycles. The number of hydrogen-bond donors (Lipinski definition) is 1. The summed E-state index contributed by atoms with van der Waals surface area (Å²) in [4.78, 5) is 12.2. The van der Waals surface area contributed by atoms with E-state index in [0.29, 0.717) is 32.8 Å². The van der Waals surface area contributed by atoms with Crippen LogP contribution in [0.4, 0.5) is 5.69 Å². The smallest absolute Gasteiger partial charge is 0.255 e. The van der Waals surface area contributed by atoms with Crippen molar-refractivity contribution in [3.63, 3.8) is 0 Å². The number of rotatable bonds is 2. The van der Waals surface area contributed by atoms with Gasteiger partial charge in [-0.3, -0.25) is 4.79 Å². The SMILES string of the molecule is O=C(Nc1cc2c(cc1Cl)OCO2)c1ccc(Cl)c(I)c1. The van der Waals surface area contributed by atoms with Crippen LogP contribution in [0.3, 0.4) is 0 Å². The van der Waals surface area contributed by atoms with Crippen molar-refractivity contribution < 1.29 is 14.3 Å². The Labute approximate surface area is 144 Å².